The van der Waals surface area contributed by atoms with E-state index in [0.717, 1.165) is 11.4 Å². The second-order valence-electron chi connectivity index (χ2n) is 4.48. The molecule has 4 nitrogen and oxygen atoms in total. The van der Waals surface area contributed by atoms with E-state index in [0.29, 0.717) is 17.6 Å². The van der Waals surface area contributed by atoms with Crippen LogP contribution in [-0.4, -0.2) is 29.2 Å². The predicted octanol–water partition coefficient (Wildman–Crippen LogP) is 2.58. The van der Waals surface area contributed by atoms with Crippen LogP contribution in [0.25, 0.3) is 0 Å². The number of anilines is 1. The molecule has 0 aromatic carbocycles. The highest BCUT2D eigenvalue weighted by Crippen LogP contribution is 2.22. The molecule has 0 unspecified atom stereocenters. The van der Waals surface area contributed by atoms with Crippen LogP contribution in [0.3, 0.4) is 0 Å². The summed E-state index contributed by atoms with van der Waals surface area (Å²) in [6.07, 6.45) is 0. The number of aryl methyl sites for hydroxylation is 2. The average molecular weight is 244 g/mol. The largest absolute Gasteiger partial charge is 0.382 e. The first-order chi connectivity index (χ1) is 7.35. The van der Waals surface area contributed by atoms with Crippen LogP contribution >= 0.6 is 11.6 Å². The first kappa shape index (κ1) is 13.2. The van der Waals surface area contributed by atoms with Crippen LogP contribution in [-0.2, 0) is 4.74 Å². The molecule has 0 fully saturated rings. The van der Waals surface area contributed by atoms with Gasteiger partial charge in [0, 0.05) is 7.11 Å². The van der Waals surface area contributed by atoms with Gasteiger partial charge >= 0.3 is 0 Å². The minimum atomic E-state index is -0.227. The zero-order valence-corrected chi connectivity index (χ0v) is 11.1. The maximum Gasteiger partial charge on any atom is 0.171 e. The first-order valence-corrected chi connectivity index (χ1v) is 5.51. The first-order valence-electron chi connectivity index (χ1n) is 5.13. The Morgan fingerprint density at radius 2 is 1.81 bits per heavy atom. The van der Waals surface area contributed by atoms with E-state index in [9.17, 15) is 0 Å². The molecule has 0 radical (unpaired) electrons. The Morgan fingerprint density at radius 1 is 1.25 bits per heavy atom. The SMILES string of the molecule is COCC(C)(C)Nc1nc(C)c(C)nc1Cl. The van der Waals surface area contributed by atoms with Gasteiger partial charge in [0.2, 0.25) is 0 Å². The number of hydrogen-bond donors (Lipinski definition) is 1. The van der Waals surface area contributed by atoms with Crippen molar-refractivity contribution in [3.8, 4) is 0 Å². The lowest BCUT2D eigenvalue weighted by molar-refractivity contribution is 0.158. The van der Waals surface area contributed by atoms with Gasteiger partial charge in [0.25, 0.3) is 0 Å². The van der Waals surface area contributed by atoms with Crippen molar-refractivity contribution in [2.45, 2.75) is 33.2 Å². The van der Waals surface area contributed by atoms with Crippen molar-refractivity contribution in [1.82, 2.24) is 9.97 Å². The lowest BCUT2D eigenvalue weighted by atomic mass is 10.1. The molecule has 16 heavy (non-hydrogen) atoms. The van der Waals surface area contributed by atoms with Gasteiger partial charge in [-0.3, -0.25) is 0 Å². The van der Waals surface area contributed by atoms with Crippen LogP contribution < -0.4 is 5.32 Å². The molecule has 0 amide bonds. The molecule has 90 valence electrons. The third-order valence-electron chi connectivity index (χ3n) is 2.23. The van der Waals surface area contributed by atoms with Gasteiger partial charge < -0.3 is 10.1 Å². The van der Waals surface area contributed by atoms with Crippen LogP contribution in [0.2, 0.25) is 5.15 Å². The molecule has 0 spiro atoms. The Kier molecular flexibility index (Phi) is 4.10. The minimum absolute atomic E-state index is 0.227. The predicted molar refractivity (Wildman–Crippen MR) is 66.1 cm³/mol. The van der Waals surface area contributed by atoms with Crippen LogP contribution in [0.4, 0.5) is 5.82 Å². The van der Waals surface area contributed by atoms with Crippen molar-refractivity contribution in [3.63, 3.8) is 0 Å². The second kappa shape index (κ2) is 4.97. The summed E-state index contributed by atoms with van der Waals surface area (Å²) in [5.41, 5.74) is 1.50. The van der Waals surface area contributed by atoms with E-state index in [1.165, 1.54) is 0 Å². The summed E-state index contributed by atoms with van der Waals surface area (Å²) >= 11 is 6.03. The summed E-state index contributed by atoms with van der Waals surface area (Å²) in [6, 6.07) is 0. The highest BCUT2D eigenvalue weighted by molar-refractivity contribution is 6.31. The number of ether oxygens (including phenoxy) is 1. The minimum Gasteiger partial charge on any atom is -0.382 e. The van der Waals surface area contributed by atoms with Gasteiger partial charge in [-0.05, 0) is 27.7 Å². The van der Waals surface area contributed by atoms with E-state index in [4.69, 9.17) is 16.3 Å². The molecule has 0 aliphatic rings. The quantitative estimate of drug-likeness (QED) is 0.883. The summed E-state index contributed by atoms with van der Waals surface area (Å²) in [7, 11) is 1.66. The normalized spacial score (nSPS) is 11.6. The molecular weight excluding hydrogens is 226 g/mol. The number of halogens is 1. The Bertz CT molecular complexity index is 380. The van der Waals surface area contributed by atoms with Gasteiger partial charge in [0.05, 0.1) is 23.5 Å². The molecule has 1 heterocycles. The fourth-order valence-corrected chi connectivity index (χ4v) is 1.59. The number of aromatic nitrogens is 2. The number of nitrogens with zero attached hydrogens (tertiary/aromatic N) is 2. The van der Waals surface area contributed by atoms with Gasteiger partial charge in [-0.2, -0.15) is 0 Å². The molecule has 0 bridgehead atoms. The summed E-state index contributed by atoms with van der Waals surface area (Å²) in [6.45, 7) is 8.40. The van der Waals surface area contributed by atoms with E-state index < -0.39 is 0 Å². The molecular formula is C11H18ClN3O. The van der Waals surface area contributed by atoms with Crippen molar-refractivity contribution in [2.24, 2.45) is 0 Å². The third-order valence-corrected chi connectivity index (χ3v) is 2.49. The summed E-state index contributed by atoms with van der Waals surface area (Å²) in [5.74, 6) is 0.604. The van der Waals surface area contributed by atoms with Gasteiger partial charge in [0.1, 0.15) is 0 Å². The van der Waals surface area contributed by atoms with Crippen LogP contribution in [0.15, 0.2) is 0 Å². The third kappa shape index (κ3) is 3.32. The van der Waals surface area contributed by atoms with Crippen molar-refractivity contribution in [2.75, 3.05) is 19.0 Å². The Hall–Kier alpha value is -0.870. The average Bonchev–Trinajstić information content (AvgIpc) is 2.13. The zero-order valence-electron chi connectivity index (χ0n) is 10.4. The molecule has 1 aromatic heterocycles. The maximum atomic E-state index is 6.03. The fraction of sp³-hybridized carbons (Fsp3) is 0.636. The van der Waals surface area contributed by atoms with Crippen molar-refractivity contribution in [3.05, 3.63) is 16.5 Å². The molecule has 1 aromatic rings. The van der Waals surface area contributed by atoms with Crippen LogP contribution in [0.1, 0.15) is 25.2 Å². The smallest absolute Gasteiger partial charge is 0.171 e. The van der Waals surface area contributed by atoms with E-state index in [-0.39, 0.29) is 5.54 Å². The number of methoxy groups -OCH3 is 1. The summed E-state index contributed by atoms with van der Waals surface area (Å²) in [5, 5.41) is 3.62. The van der Waals surface area contributed by atoms with Crippen molar-refractivity contribution >= 4 is 17.4 Å². The van der Waals surface area contributed by atoms with Gasteiger partial charge in [-0.25, -0.2) is 9.97 Å². The topological polar surface area (TPSA) is 47.0 Å². The second-order valence-corrected chi connectivity index (χ2v) is 4.83. The lowest BCUT2D eigenvalue weighted by Crippen LogP contribution is -2.36. The monoisotopic (exact) mass is 243 g/mol. The highest BCUT2D eigenvalue weighted by Gasteiger charge is 2.20. The van der Waals surface area contributed by atoms with Crippen LogP contribution in [0.5, 0.6) is 0 Å². The molecule has 5 heteroatoms. The van der Waals surface area contributed by atoms with Gasteiger partial charge in [-0.1, -0.05) is 11.6 Å². The lowest BCUT2D eigenvalue weighted by Gasteiger charge is -2.26. The standard InChI is InChI=1S/C11H18ClN3O/c1-7-8(2)14-10(9(12)13-7)15-11(3,4)6-16-5/h6H2,1-5H3,(H,14,15). The summed E-state index contributed by atoms with van der Waals surface area (Å²) < 4.78 is 5.12. The zero-order chi connectivity index (χ0) is 12.3. The molecule has 0 saturated heterocycles. The van der Waals surface area contributed by atoms with Gasteiger partial charge in [0.15, 0.2) is 11.0 Å². The van der Waals surface area contributed by atoms with E-state index in [2.05, 4.69) is 15.3 Å². The highest BCUT2D eigenvalue weighted by atomic mass is 35.5. The Labute approximate surface area is 101 Å². The molecule has 1 rings (SSSR count). The molecule has 0 saturated carbocycles. The van der Waals surface area contributed by atoms with Crippen molar-refractivity contribution < 1.29 is 4.74 Å². The summed E-state index contributed by atoms with van der Waals surface area (Å²) in [4.78, 5) is 8.60. The van der Waals surface area contributed by atoms with E-state index in [1.807, 2.05) is 27.7 Å². The molecule has 0 aliphatic heterocycles. The Morgan fingerprint density at radius 3 is 2.38 bits per heavy atom. The molecule has 0 aliphatic carbocycles. The van der Waals surface area contributed by atoms with Gasteiger partial charge in [-0.15, -0.1) is 0 Å². The number of hydrogen-bond acceptors (Lipinski definition) is 4. The fourth-order valence-electron chi connectivity index (χ4n) is 1.37. The molecule has 0 atom stereocenters. The van der Waals surface area contributed by atoms with E-state index >= 15 is 0 Å². The number of nitrogens with one attached hydrogen (secondary N) is 1. The van der Waals surface area contributed by atoms with E-state index in [1.54, 1.807) is 7.11 Å². The Balaban J connectivity index is 2.93. The maximum absolute atomic E-state index is 6.03. The number of rotatable bonds is 4. The molecule has 1 N–H and O–H groups in total. The van der Waals surface area contributed by atoms with Crippen molar-refractivity contribution in [1.29, 1.82) is 0 Å². The van der Waals surface area contributed by atoms with Crippen LogP contribution in [0, 0.1) is 13.8 Å².